The van der Waals surface area contributed by atoms with Crippen molar-refractivity contribution in [3.63, 3.8) is 0 Å². The molecule has 0 unspecified atom stereocenters. The van der Waals surface area contributed by atoms with Gasteiger partial charge in [-0.2, -0.15) is 0 Å². The second-order valence-corrected chi connectivity index (χ2v) is 3.41. The fourth-order valence-electron chi connectivity index (χ4n) is 0.566. The molecule has 54 valence electrons. The fraction of sp³-hybridized carbons (Fsp3) is 0. The van der Waals surface area contributed by atoms with Gasteiger partial charge in [-0.05, 0) is 34.1 Å². The summed E-state index contributed by atoms with van der Waals surface area (Å²) in [5.41, 5.74) is 0.962. The highest BCUT2D eigenvalue weighted by atomic mass is 79.9. The van der Waals surface area contributed by atoms with Crippen LogP contribution in [-0.4, -0.2) is 0 Å². The van der Waals surface area contributed by atoms with Crippen LogP contribution in [-0.2, 0) is 0 Å². The van der Waals surface area contributed by atoms with Gasteiger partial charge >= 0.3 is 0 Å². The minimum absolute atomic E-state index is 0.721. The second kappa shape index (κ2) is 3.60. The molecule has 0 atom stereocenters. The van der Waals surface area contributed by atoms with Gasteiger partial charge in [0.1, 0.15) is 0 Å². The number of nitrogens with one attached hydrogen (secondary N) is 1. The maximum absolute atomic E-state index is 5.70. The van der Waals surface area contributed by atoms with E-state index in [4.69, 9.17) is 11.6 Å². The van der Waals surface area contributed by atoms with Crippen molar-refractivity contribution in [2.45, 2.75) is 0 Å². The molecule has 1 rings (SSSR count). The maximum atomic E-state index is 5.70. The van der Waals surface area contributed by atoms with E-state index >= 15 is 0 Å². The molecule has 10 heavy (non-hydrogen) atoms. The molecule has 1 aromatic carbocycles. The highest BCUT2D eigenvalue weighted by Crippen LogP contribution is 2.26. The third-order valence-electron chi connectivity index (χ3n) is 1.03. The molecule has 1 N–H and O–H groups in total. The highest BCUT2D eigenvalue weighted by molar-refractivity contribution is 9.11. The molecule has 4 heteroatoms. The molecular weight excluding hydrogens is 281 g/mol. The summed E-state index contributed by atoms with van der Waals surface area (Å²) in [6.45, 7) is 0. The van der Waals surface area contributed by atoms with Crippen LogP contribution >= 0.6 is 43.7 Å². The zero-order valence-electron chi connectivity index (χ0n) is 4.87. The van der Waals surface area contributed by atoms with Crippen molar-refractivity contribution in [1.29, 1.82) is 0 Å². The molecule has 0 bridgehead atoms. The maximum Gasteiger partial charge on any atom is 0.0584 e. The molecule has 0 saturated heterocycles. The number of benzene rings is 1. The number of hydrogen-bond acceptors (Lipinski definition) is 1. The first-order chi connectivity index (χ1) is 4.74. The molecule has 0 radical (unpaired) electrons. The molecule has 0 amide bonds. The van der Waals surface area contributed by atoms with Gasteiger partial charge in [0.2, 0.25) is 0 Å². The fourth-order valence-corrected chi connectivity index (χ4v) is 1.96. The molecule has 0 aliphatic carbocycles. The van der Waals surface area contributed by atoms with E-state index in [1.54, 1.807) is 0 Å². The van der Waals surface area contributed by atoms with Gasteiger partial charge in [0.25, 0.3) is 0 Å². The number of anilines is 1. The Hall–Kier alpha value is 0.270. The van der Waals surface area contributed by atoms with Crippen LogP contribution in [0.4, 0.5) is 5.69 Å². The Balaban J connectivity index is 3.07. The first kappa shape index (κ1) is 8.37. The van der Waals surface area contributed by atoms with Crippen LogP contribution in [0.3, 0.4) is 0 Å². The van der Waals surface area contributed by atoms with E-state index in [1.165, 1.54) is 0 Å². The van der Waals surface area contributed by atoms with Gasteiger partial charge < -0.3 is 4.34 Å². The Morgan fingerprint density at radius 3 is 2.60 bits per heavy atom. The smallest absolute Gasteiger partial charge is 0.0584 e. The van der Waals surface area contributed by atoms with Crippen molar-refractivity contribution in [3.8, 4) is 0 Å². The van der Waals surface area contributed by atoms with Gasteiger partial charge in [0.05, 0.1) is 5.69 Å². The Bertz CT molecular complexity index is 239. The standard InChI is InChI=1S/C6H4Br2ClN/c7-5-3-4(9)1-2-6(5)10-8/h1-3,10H. The molecule has 0 fully saturated rings. The van der Waals surface area contributed by atoms with Crippen LogP contribution in [0.1, 0.15) is 0 Å². The van der Waals surface area contributed by atoms with Crippen molar-refractivity contribution < 1.29 is 0 Å². The van der Waals surface area contributed by atoms with E-state index in [9.17, 15) is 0 Å². The molecule has 0 heterocycles. The SMILES string of the molecule is Clc1ccc(NBr)c(Br)c1. The summed E-state index contributed by atoms with van der Waals surface area (Å²) in [5.74, 6) is 0. The van der Waals surface area contributed by atoms with Gasteiger partial charge in [-0.25, -0.2) is 0 Å². The molecular formula is C6H4Br2ClN. The molecule has 0 aliphatic heterocycles. The first-order valence-corrected chi connectivity index (χ1v) is 4.52. The topological polar surface area (TPSA) is 12.0 Å². The van der Waals surface area contributed by atoms with Gasteiger partial charge in [-0.15, -0.1) is 0 Å². The Labute approximate surface area is 81.2 Å². The van der Waals surface area contributed by atoms with E-state index in [-0.39, 0.29) is 0 Å². The zero-order chi connectivity index (χ0) is 7.56. The Morgan fingerprint density at radius 1 is 1.40 bits per heavy atom. The Morgan fingerprint density at radius 2 is 2.10 bits per heavy atom. The summed E-state index contributed by atoms with van der Waals surface area (Å²) in [5, 5.41) is 0.721. The summed E-state index contributed by atoms with van der Waals surface area (Å²) in [6, 6.07) is 5.52. The lowest BCUT2D eigenvalue weighted by Gasteiger charge is -2.00. The van der Waals surface area contributed by atoms with Crippen molar-refractivity contribution in [2.24, 2.45) is 0 Å². The second-order valence-electron chi connectivity index (χ2n) is 1.72. The summed E-state index contributed by atoms with van der Waals surface area (Å²) in [6.07, 6.45) is 0. The van der Waals surface area contributed by atoms with Gasteiger partial charge in [0.15, 0.2) is 0 Å². The third kappa shape index (κ3) is 1.87. The molecule has 0 spiro atoms. The normalized spacial score (nSPS) is 9.50. The molecule has 1 aromatic rings. The van der Waals surface area contributed by atoms with Gasteiger partial charge in [-0.1, -0.05) is 11.6 Å². The lowest BCUT2D eigenvalue weighted by Crippen LogP contribution is -1.79. The van der Waals surface area contributed by atoms with Crippen LogP contribution in [0.2, 0.25) is 5.02 Å². The van der Waals surface area contributed by atoms with Gasteiger partial charge in [-0.3, -0.25) is 0 Å². The highest BCUT2D eigenvalue weighted by Gasteiger charge is 1.96. The predicted molar refractivity (Wildman–Crippen MR) is 51.7 cm³/mol. The zero-order valence-corrected chi connectivity index (χ0v) is 8.79. The van der Waals surface area contributed by atoms with E-state index < -0.39 is 0 Å². The predicted octanol–water partition coefficient (Wildman–Crippen LogP) is 3.82. The van der Waals surface area contributed by atoms with E-state index in [0.717, 1.165) is 15.2 Å². The molecule has 0 aliphatic rings. The molecule has 1 nitrogen and oxygen atoms in total. The first-order valence-electron chi connectivity index (χ1n) is 2.55. The van der Waals surface area contributed by atoms with E-state index in [0.29, 0.717) is 0 Å². The lowest BCUT2D eigenvalue weighted by atomic mass is 10.3. The van der Waals surface area contributed by atoms with Crippen molar-refractivity contribution >= 4 is 49.4 Å². The summed E-state index contributed by atoms with van der Waals surface area (Å²) < 4.78 is 3.77. The minimum atomic E-state index is 0.721. The summed E-state index contributed by atoms with van der Waals surface area (Å²) in [4.78, 5) is 0. The van der Waals surface area contributed by atoms with Crippen molar-refractivity contribution in [2.75, 3.05) is 4.34 Å². The van der Waals surface area contributed by atoms with Crippen LogP contribution in [0, 0.1) is 0 Å². The third-order valence-corrected chi connectivity index (χ3v) is 2.35. The summed E-state index contributed by atoms with van der Waals surface area (Å²) >= 11 is 12.1. The average Bonchev–Trinajstić information content (AvgIpc) is 1.88. The Kier molecular flexibility index (Phi) is 3.01. The quantitative estimate of drug-likeness (QED) is 0.773. The largest absolute Gasteiger partial charge is 0.321 e. The molecule has 0 aromatic heterocycles. The minimum Gasteiger partial charge on any atom is -0.321 e. The monoisotopic (exact) mass is 283 g/mol. The van der Waals surface area contributed by atoms with E-state index in [2.05, 4.69) is 36.4 Å². The lowest BCUT2D eigenvalue weighted by molar-refractivity contribution is 1.64. The summed E-state index contributed by atoms with van der Waals surface area (Å²) in [7, 11) is 0. The number of hydrogen-bond donors (Lipinski definition) is 1. The van der Waals surface area contributed by atoms with Crippen LogP contribution in [0.15, 0.2) is 22.7 Å². The van der Waals surface area contributed by atoms with Crippen LogP contribution < -0.4 is 4.34 Å². The molecule has 0 saturated carbocycles. The van der Waals surface area contributed by atoms with Crippen LogP contribution in [0.25, 0.3) is 0 Å². The van der Waals surface area contributed by atoms with Crippen LogP contribution in [0.5, 0.6) is 0 Å². The van der Waals surface area contributed by atoms with Gasteiger partial charge in [0, 0.05) is 25.6 Å². The number of halogens is 3. The average molecular weight is 285 g/mol. The van der Waals surface area contributed by atoms with Crippen molar-refractivity contribution in [1.82, 2.24) is 0 Å². The van der Waals surface area contributed by atoms with E-state index in [1.807, 2.05) is 18.2 Å². The number of rotatable bonds is 1. The van der Waals surface area contributed by atoms with Crippen molar-refractivity contribution in [3.05, 3.63) is 27.7 Å².